The standard InChI is InChI=1S/C26H24N6O2/c1-16-24(32-15-5-4-6-23(32)29-16)20-12-14-22(31-26(34)17(2)28-3)30-21(20)13-9-18-7-10-19(11-8-18)25(27)33/h4-8,10-12,14-15,17,28H,1-3H3,(H2,27,33)(H,30,31,34). The van der Waals surface area contributed by atoms with Crippen molar-refractivity contribution in [2.45, 2.75) is 19.9 Å². The maximum Gasteiger partial charge on any atom is 0.248 e. The Morgan fingerprint density at radius 3 is 2.50 bits per heavy atom. The van der Waals surface area contributed by atoms with E-state index in [1.807, 2.05) is 41.8 Å². The van der Waals surface area contributed by atoms with Crippen LogP contribution in [-0.4, -0.2) is 39.3 Å². The average Bonchev–Trinajstić information content (AvgIpc) is 3.18. The number of nitrogens with two attached hydrogens (primary N) is 1. The highest BCUT2D eigenvalue weighted by Crippen LogP contribution is 2.28. The molecule has 3 aromatic heterocycles. The zero-order chi connectivity index (χ0) is 24.2. The molecule has 1 atom stereocenters. The minimum Gasteiger partial charge on any atom is -0.366 e. The first-order valence-electron chi connectivity index (χ1n) is 10.7. The molecular weight excluding hydrogens is 428 g/mol. The number of anilines is 1. The molecule has 2 amide bonds. The Morgan fingerprint density at radius 2 is 1.79 bits per heavy atom. The number of pyridine rings is 2. The van der Waals surface area contributed by atoms with Crippen LogP contribution in [0.1, 0.15) is 34.2 Å². The fourth-order valence-corrected chi connectivity index (χ4v) is 3.47. The minimum atomic E-state index is -0.495. The number of fused-ring (bicyclic) bond motifs is 1. The van der Waals surface area contributed by atoms with Crippen molar-refractivity contribution >= 4 is 23.3 Å². The average molecular weight is 453 g/mol. The van der Waals surface area contributed by atoms with Crippen molar-refractivity contribution in [3.8, 4) is 23.1 Å². The van der Waals surface area contributed by atoms with Crippen molar-refractivity contribution < 1.29 is 9.59 Å². The zero-order valence-electron chi connectivity index (χ0n) is 19.1. The van der Waals surface area contributed by atoms with Crippen LogP contribution in [0.4, 0.5) is 5.82 Å². The van der Waals surface area contributed by atoms with E-state index < -0.39 is 5.91 Å². The van der Waals surface area contributed by atoms with Gasteiger partial charge in [0.05, 0.1) is 17.4 Å². The molecule has 0 saturated carbocycles. The quantitative estimate of drug-likeness (QED) is 0.403. The molecule has 3 heterocycles. The zero-order valence-corrected chi connectivity index (χ0v) is 19.1. The molecule has 1 aromatic carbocycles. The summed E-state index contributed by atoms with van der Waals surface area (Å²) >= 11 is 0. The third-order valence-corrected chi connectivity index (χ3v) is 5.43. The van der Waals surface area contributed by atoms with Gasteiger partial charge in [-0.25, -0.2) is 9.97 Å². The van der Waals surface area contributed by atoms with Crippen molar-refractivity contribution in [3.05, 3.63) is 83.3 Å². The topological polar surface area (TPSA) is 114 Å². The van der Waals surface area contributed by atoms with Gasteiger partial charge in [-0.3, -0.25) is 14.0 Å². The van der Waals surface area contributed by atoms with Crippen LogP contribution in [0.25, 0.3) is 16.9 Å². The van der Waals surface area contributed by atoms with E-state index in [0.29, 0.717) is 22.6 Å². The highest BCUT2D eigenvalue weighted by atomic mass is 16.2. The summed E-state index contributed by atoms with van der Waals surface area (Å²) in [6, 6.07) is 15.8. The molecule has 0 aliphatic rings. The SMILES string of the molecule is CNC(C)C(=O)Nc1ccc(-c2c(C)nc3ccccn23)c(C#Cc2ccc(C(N)=O)cc2)n1. The number of rotatable bonds is 5. The van der Waals surface area contributed by atoms with Gasteiger partial charge in [0, 0.05) is 22.9 Å². The van der Waals surface area contributed by atoms with Crippen molar-refractivity contribution in [2.24, 2.45) is 5.73 Å². The van der Waals surface area contributed by atoms with Gasteiger partial charge < -0.3 is 16.4 Å². The number of benzene rings is 1. The van der Waals surface area contributed by atoms with Crippen molar-refractivity contribution in [2.75, 3.05) is 12.4 Å². The fourth-order valence-electron chi connectivity index (χ4n) is 3.47. The second kappa shape index (κ2) is 9.57. The molecular formula is C26H24N6O2. The van der Waals surface area contributed by atoms with Crippen LogP contribution >= 0.6 is 0 Å². The van der Waals surface area contributed by atoms with E-state index in [-0.39, 0.29) is 11.9 Å². The van der Waals surface area contributed by atoms with Gasteiger partial charge in [0.25, 0.3) is 0 Å². The van der Waals surface area contributed by atoms with E-state index in [1.54, 1.807) is 44.3 Å². The smallest absolute Gasteiger partial charge is 0.248 e. The van der Waals surface area contributed by atoms with Gasteiger partial charge >= 0.3 is 0 Å². The Bertz CT molecular complexity index is 1440. The molecule has 0 bridgehead atoms. The predicted octanol–water partition coefficient (Wildman–Crippen LogP) is 2.75. The van der Waals surface area contributed by atoms with E-state index in [1.165, 1.54) is 0 Å². The monoisotopic (exact) mass is 452 g/mol. The van der Waals surface area contributed by atoms with Gasteiger partial charge in [-0.15, -0.1) is 0 Å². The number of primary amides is 1. The van der Waals surface area contributed by atoms with Crippen LogP contribution in [0, 0.1) is 18.8 Å². The number of nitrogens with one attached hydrogen (secondary N) is 2. The Kier molecular flexibility index (Phi) is 6.39. The third-order valence-electron chi connectivity index (χ3n) is 5.43. The molecule has 4 rings (SSSR count). The number of carbonyl (C=O) groups excluding carboxylic acids is 2. The Morgan fingerprint density at radius 1 is 1.03 bits per heavy atom. The molecule has 8 heteroatoms. The largest absolute Gasteiger partial charge is 0.366 e. The van der Waals surface area contributed by atoms with Crippen molar-refractivity contribution in [1.29, 1.82) is 0 Å². The minimum absolute atomic E-state index is 0.199. The lowest BCUT2D eigenvalue weighted by atomic mass is 10.1. The van der Waals surface area contributed by atoms with Gasteiger partial charge in [-0.1, -0.05) is 12.0 Å². The highest BCUT2D eigenvalue weighted by Gasteiger charge is 2.17. The summed E-state index contributed by atoms with van der Waals surface area (Å²) in [5, 5.41) is 5.73. The molecule has 0 radical (unpaired) electrons. The second-order valence-corrected chi connectivity index (χ2v) is 7.76. The first-order valence-corrected chi connectivity index (χ1v) is 10.7. The van der Waals surface area contributed by atoms with E-state index >= 15 is 0 Å². The first-order chi connectivity index (χ1) is 16.4. The van der Waals surface area contributed by atoms with Gasteiger partial charge in [0.15, 0.2) is 0 Å². The van der Waals surface area contributed by atoms with Crippen LogP contribution in [0.2, 0.25) is 0 Å². The number of amides is 2. The maximum absolute atomic E-state index is 12.4. The lowest BCUT2D eigenvalue weighted by Crippen LogP contribution is -2.35. The van der Waals surface area contributed by atoms with Gasteiger partial charge in [-0.2, -0.15) is 0 Å². The van der Waals surface area contributed by atoms with Crippen LogP contribution in [0.5, 0.6) is 0 Å². The van der Waals surface area contributed by atoms with Crippen molar-refractivity contribution in [1.82, 2.24) is 19.7 Å². The first kappa shape index (κ1) is 22.7. The van der Waals surface area contributed by atoms with E-state index in [9.17, 15) is 9.59 Å². The van der Waals surface area contributed by atoms with E-state index in [4.69, 9.17) is 5.73 Å². The normalized spacial score (nSPS) is 11.5. The summed E-state index contributed by atoms with van der Waals surface area (Å²) in [5.41, 5.74) is 10.2. The number of imidazole rings is 1. The van der Waals surface area contributed by atoms with Gasteiger partial charge in [0.2, 0.25) is 11.8 Å². The number of aryl methyl sites for hydroxylation is 1. The number of carbonyl (C=O) groups is 2. The molecule has 0 aliphatic carbocycles. The maximum atomic E-state index is 12.4. The number of hydrogen-bond donors (Lipinski definition) is 3. The summed E-state index contributed by atoms with van der Waals surface area (Å²) < 4.78 is 1.99. The second-order valence-electron chi connectivity index (χ2n) is 7.76. The van der Waals surface area contributed by atoms with Gasteiger partial charge in [0.1, 0.15) is 17.2 Å². The molecule has 8 nitrogen and oxygen atoms in total. The molecule has 4 N–H and O–H groups in total. The summed E-state index contributed by atoms with van der Waals surface area (Å²) in [6.45, 7) is 3.70. The van der Waals surface area contributed by atoms with Gasteiger partial charge in [-0.05, 0) is 75.3 Å². The number of nitrogens with zero attached hydrogens (tertiary/aromatic N) is 3. The van der Waals surface area contributed by atoms with E-state index in [2.05, 4.69) is 32.4 Å². The summed E-state index contributed by atoms with van der Waals surface area (Å²) in [6.07, 6.45) is 1.94. The van der Waals surface area contributed by atoms with E-state index in [0.717, 1.165) is 22.6 Å². The number of hydrogen-bond acceptors (Lipinski definition) is 5. The molecule has 4 aromatic rings. The number of likely N-dealkylation sites (N-methyl/N-ethyl adjacent to an activating group) is 1. The van der Waals surface area contributed by atoms with Crippen LogP contribution in [0.3, 0.4) is 0 Å². The lowest BCUT2D eigenvalue weighted by Gasteiger charge is -2.12. The van der Waals surface area contributed by atoms with Crippen molar-refractivity contribution in [3.63, 3.8) is 0 Å². The molecule has 0 aliphatic heterocycles. The summed E-state index contributed by atoms with van der Waals surface area (Å²) in [4.78, 5) is 33.0. The molecule has 170 valence electrons. The molecule has 0 fully saturated rings. The fraction of sp³-hybridized carbons (Fsp3) is 0.154. The Balaban J connectivity index is 1.81. The van der Waals surface area contributed by atoms with Crippen LogP contribution in [0.15, 0.2) is 60.8 Å². The lowest BCUT2D eigenvalue weighted by molar-refractivity contribution is -0.117. The summed E-state index contributed by atoms with van der Waals surface area (Å²) in [7, 11) is 1.72. The molecule has 34 heavy (non-hydrogen) atoms. The van der Waals surface area contributed by atoms with Crippen LogP contribution in [-0.2, 0) is 4.79 Å². The summed E-state index contributed by atoms with van der Waals surface area (Å²) in [5.74, 6) is 5.93. The number of aromatic nitrogens is 3. The molecule has 0 spiro atoms. The highest BCUT2D eigenvalue weighted by molar-refractivity contribution is 5.94. The predicted molar refractivity (Wildman–Crippen MR) is 131 cm³/mol. The molecule has 1 unspecified atom stereocenters. The Hall–Kier alpha value is -4.48. The Labute approximate surface area is 197 Å². The van der Waals surface area contributed by atoms with Crippen LogP contribution < -0.4 is 16.4 Å². The molecule has 0 saturated heterocycles. The third kappa shape index (κ3) is 4.65.